The maximum atomic E-state index is 14.3. The summed E-state index contributed by atoms with van der Waals surface area (Å²) >= 11 is 12.9. The number of fused-ring (bicyclic) bond motifs is 1. The number of benzene rings is 3. The van der Waals surface area contributed by atoms with Crippen molar-refractivity contribution in [3.05, 3.63) is 82.3 Å². The second-order valence-electron chi connectivity index (χ2n) is 9.94. The molecule has 0 aromatic heterocycles. The Labute approximate surface area is 262 Å². The van der Waals surface area contributed by atoms with Crippen LogP contribution in [0.5, 0.6) is 11.5 Å². The summed E-state index contributed by atoms with van der Waals surface area (Å²) in [5, 5.41) is 3.55. The van der Waals surface area contributed by atoms with Crippen LogP contribution < -0.4 is 19.1 Å². The minimum Gasteiger partial charge on any atom is -0.486 e. The molecule has 1 heterocycles. The highest BCUT2D eigenvalue weighted by Gasteiger charge is 2.34. The van der Waals surface area contributed by atoms with Gasteiger partial charge in [0.05, 0.1) is 10.6 Å². The van der Waals surface area contributed by atoms with Crippen LogP contribution in [-0.2, 0) is 26.2 Å². The number of unbranched alkanes of at least 4 members (excludes halogenated alkanes) is 1. The van der Waals surface area contributed by atoms with Gasteiger partial charge in [-0.3, -0.25) is 13.9 Å². The van der Waals surface area contributed by atoms with Gasteiger partial charge in [-0.1, -0.05) is 67.7 Å². The molecule has 0 bridgehead atoms. The molecule has 0 unspecified atom stereocenters. The quantitative estimate of drug-likeness (QED) is 0.239. The molecule has 0 saturated heterocycles. The van der Waals surface area contributed by atoms with Gasteiger partial charge < -0.3 is 19.7 Å². The Kier molecular flexibility index (Phi) is 11.2. The van der Waals surface area contributed by atoms with Crippen LogP contribution in [0.25, 0.3) is 0 Å². The fourth-order valence-corrected chi connectivity index (χ4v) is 6.66. The molecule has 4 rings (SSSR count). The van der Waals surface area contributed by atoms with E-state index >= 15 is 0 Å². The number of amides is 2. The van der Waals surface area contributed by atoms with Crippen LogP contribution >= 0.6 is 23.2 Å². The van der Waals surface area contributed by atoms with Crippen molar-refractivity contribution in [2.45, 2.75) is 50.6 Å². The van der Waals surface area contributed by atoms with Crippen molar-refractivity contribution >= 4 is 50.7 Å². The number of carbonyl (C=O) groups excluding carboxylic acids is 2. The minimum atomic E-state index is -4.23. The number of rotatable bonds is 13. The zero-order valence-electron chi connectivity index (χ0n) is 24.1. The first-order valence-corrected chi connectivity index (χ1v) is 16.3. The van der Waals surface area contributed by atoms with E-state index in [1.165, 1.54) is 23.1 Å². The molecular formula is C31H35Cl2N3O6S. The average Bonchev–Trinajstić information content (AvgIpc) is 3.01. The van der Waals surface area contributed by atoms with Crippen molar-refractivity contribution in [1.82, 2.24) is 10.2 Å². The zero-order valence-corrected chi connectivity index (χ0v) is 26.4. The Morgan fingerprint density at radius 1 is 0.930 bits per heavy atom. The van der Waals surface area contributed by atoms with Crippen molar-refractivity contribution in [3.8, 4) is 11.5 Å². The van der Waals surface area contributed by atoms with E-state index in [1.807, 2.05) is 6.92 Å². The van der Waals surface area contributed by atoms with E-state index in [0.29, 0.717) is 46.9 Å². The van der Waals surface area contributed by atoms with Gasteiger partial charge in [0.2, 0.25) is 11.8 Å². The van der Waals surface area contributed by atoms with Crippen molar-refractivity contribution in [2.24, 2.45) is 0 Å². The lowest BCUT2D eigenvalue weighted by Crippen LogP contribution is -2.52. The second kappa shape index (κ2) is 14.8. The van der Waals surface area contributed by atoms with E-state index in [0.717, 1.165) is 17.1 Å². The number of hydrogen-bond acceptors (Lipinski definition) is 6. The van der Waals surface area contributed by atoms with E-state index in [9.17, 15) is 18.0 Å². The van der Waals surface area contributed by atoms with Crippen LogP contribution in [0.1, 0.15) is 38.7 Å². The first-order chi connectivity index (χ1) is 20.7. The van der Waals surface area contributed by atoms with Gasteiger partial charge in [0, 0.05) is 34.8 Å². The smallest absolute Gasteiger partial charge is 0.264 e. The molecule has 1 N–H and O–H groups in total. The first-order valence-electron chi connectivity index (χ1n) is 14.1. The predicted octanol–water partition coefficient (Wildman–Crippen LogP) is 5.68. The third kappa shape index (κ3) is 7.74. The van der Waals surface area contributed by atoms with Crippen molar-refractivity contribution in [2.75, 3.05) is 30.6 Å². The highest BCUT2D eigenvalue weighted by atomic mass is 35.5. The number of halogens is 2. The van der Waals surface area contributed by atoms with Gasteiger partial charge in [0.1, 0.15) is 25.8 Å². The number of sulfonamides is 1. The van der Waals surface area contributed by atoms with Crippen LogP contribution in [-0.4, -0.2) is 57.5 Å². The summed E-state index contributed by atoms with van der Waals surface area (Å²) in [6.45, 7) is 4.23. The lowest BCUT2D eigenvalue weighted by molar-refractivity contribution is -0.140. The van der Waals surface area contributed by atoms with Crippen LogP contribution in [0, 0.1) is 0 Å². The maximum Gasteiger partial charge on any atom is 0.264 e. The molecule has 9 nitrogen and oxygen atoms in total. The minimum absolute atomic E-state index is 0.00253. The van der Waals surface area contributed by atoms with Crippen molar-refractivity contribution < 1.29 is 27.5 Å². The number of nitrogens with one attached hydrogen (secondary N) is 1. The molecule has 0 aliphatic carbocycles. The number of anilines is 1. The molecule has 3 aromatic carbocycles. The fourth-order valence-electron chi connectivity index (χ4n) is 4.72. The van der Waals surface area contributed by atoms with Gasteiger partial charge >= 0.3 is 0 Å². The molecule has 1 aliphatic rings. The summed E-state index contributed by atoms with van der Waals surface area (Å²) in [5.41, 5.74) is 0.661. The summed E-state index contributed by atoms with van der Waals surface area (Å²) in [6.07, 6.45) is 1.94. The zero-order chi connectivity index (χ0) is 31.0. The molecule has 0 saturated carbocycles. The van der Waals surface area contributed by atoms with Gasteiger partial charge in [-0.15, -0.1) is 0 Å². The summed E-state index contributed by atoms with van der Waals surface area (Å²) in [7, 11) is -4.23. The molecule has 230 valence electrons. The van der Waals surface area contributed by atoms with Crippen LogP contribution in [0.4, 0.5) is 5.69 Å². The molecule has 0 radical (unpaired) electrons. The Hall–Kier alpha value is -3.47. The molecule has 12 heteroatoms. The normalized spacial score (nSPS) is 13.2. The van der Waals surface area contributed by atoms with Crippen LogP contribution in [0.15, 0.2) is 71.6 Å². The summed E-state index contributed by atoms with van der Waals surface area (Å²) in [4.78, 5) is 29.0. The number of hydrogen-bond donors (Lipinski definition) is 1. The molecule has 3 aromatic rings. The molecule has 1 atom stereocenters. The third-order valence-electron chi connectivity index (χ3n) is 7.03. The molecule has 1 aliphatic heterocycles. The standard InChI is InChI=1S/C31H35Cl2N3O6S/c1-3-5-16-34-31(38)27(4-2)35(20-24-25(32)12-9-13-26(24)33)30(37)21-36(43(39,40)23-10-7-6-8-11-23)22-14-15-28-29(19-22)42-18-17-41-28/h6-15,19,27H,3-5,16-18,20-21H2,1-2H3,(H,34,38)/t27-/m0/s1. The summed E-state index contributed by atoms with van der Waals surface area (Å²) in [6, 6.07) is 16.6. The van der Waals surface area contributed by atoms with E-state index in [1.54, 1.807) is 55.5 Å². The van der Waals surface area contributed by atoms with Gasteiger partial charge in [0.15, 0.2) is 11.5 Å². The third-order valence-corrected chi connectivity index (χ3v) is 9.53. The molecule has 2 amide bonds. The predicted molar refractivity (Wildman–Crippen MR) is 167 cm³/mol. The van der Waals surface area contributed by atoms with Crippen LogP contribution in [0.2, 0.25) is 10.0 Å². The largest absolute Gasteiger partial charge is 0.486 e. The van der Waals surface area contributed by atoms with Crippen molar-refractivity contribution in [1.29, 1.82) is 0 Å². The highest BCUT2D eigenvalue weighted by molar-refractivity contribution is 7.92. The fraction of sp³-hybridized carbons (Fsp3) is 0.355. The molecule has 43 heavy (non-hydrogen) atoms. The highest BCUT2D eigenvalue weighted by Crippen LogP contribution is 2.36. The lowest BCUT2D eigenvalue weighted by atomic mass is 10.1. The topological polar surface area (TPSA) is 105 Å². The Bertz CT molecular complexity index is 1520. The van der Waals surface area contributed by atoms with E-state index in [2.05, 4.69) is 5.32 Å². The molecular weight excluding hydrogens is 613 g/mol. The SMILES string of the molecule is CCCCNC(=O)[C@H](CC)N(Cc1c(Cl)cccc1Cl)C(=O)CN(c1ccc2c(c1)OCCO2)S(=O)(=O)c1ccccc1. The van der Waals surface area contributed by atoms with Crippen molar-refractivity contribution in [3.63, 3.8) is 0 Å². The Balaban J connectivity index is 1.76. The van der Waals surface area contributed by atoms with E-state index in [-0.39, 0.29) is 29.5 Å². The van der Waals surface area contributed by atoms with Gasteiger partial charge in [0.25, 0.3) is 10.0 Å². The molecule has 0 fully saturated rings. The average molecular weight is 649 g/mol. The maximum absolute atomic E-state index is 14.3. The summed E-state index contributed by atoms with van der Waals surface area (Å²) in [5.74, 6) is -0.110. The lowest BCUT2D eigenvalue weighted by Gasteiger charge is -2.33. The van der Waals surface area contributed by atoms with E-state index in [4.69, 9.17) is 32.7 Å². The number of ether oxygens (including phenoxy) is 2. The van der Waals surface area contributed by atoms with E-state index < -0.39 is 28.5 Å². The monoisotopic (exact) mass is 647 g/mol. The Morgan fingerprint density at radius 2 is 1.60 bits per heavy atom. The second-order valence-corrected chi connectivity index (χ2v) is 12.6. The number of carbonyl (C=O) groups is 2. The van der Waals surface area contributed by atoms with Crippen LogP contribution in [0.3, 0.4) is 0 Å². The number of nitrogens with zero attached hydrogens (tertiary/aromatic N) is 2. The first kappa shape index (κ1) is 32.4. The van der Waals surface area contributed by atoms with Gasteiger partial charge in [-0.2, -0.15) is 0 Å². The summed E-state index contributed by atoms with van der Waals surface area (Å²) < 4.78 is 40.4. The van der Waals surface area contributed by atoms with Gasteiger partial charge in [-0.05, 0) is 49.2 Å². The Morgan fingerprint density at radius 3 is 2.26 bits per heavy atom. The van der Waals surface area contributed by atoms with Gasteiger partial charge in [-0.25, -0.2) is 8.42 Å². The molecule has 0 spiro atoms.